The number of hydrogen-bond donors (Lipinski definition) is 1. The van der Waals surface area contributed by atoms with Gasteiger partial charge in [-0.15, -0.1) is 0 Å². The molecule has 1 aromatic carbocycles. The average molecular weight is 259 g/mol. The highest BCUT2D eigenvalue weighted by Crippen LogP contribution is 2.37. The van der Waals surface area contributed by atoms with Crippen LogP contribution in [-0.2, 0) is 6.54 Å². The Kier molecular flexibility index (Phi) is 2.91. The van der Waals surface area contributed by atoms with Gasteiger partial charge in [0.15, 0.2) is 11.5 Å². The second kappa shape index (κ2) is 4.59. The van der Waals surface area contributed by atoms with Crippen LogP contribution in [0, 0.1) is 13.8 Å². The average Bonchev–Trinajstić information content (AvgIpc) is 2.95. The second-order valence-corrected chi connectivity index (χ2v) is 4.63. The highest BCUT2D eigenvalue weighted by molar-refractivity contribution is 5.71. The molecule has 19 heavy (non-hydrogen) atoms. The van der Waals surface area contributed by atoms with Gasteiger partial charge < -0.3 is 15.2 Å². The number of benzene rings is 1. The van der Waals surface area contributed by atoms with Gasteiger partial charge in [-0.05, 0) is 31.5 Å². The van der Waals surface area contributed by atoms with Crippen LogP contribution in [0.1, 0.15) is 11.4 Å². The summed E-state index contributed by atoms with van der Waals surface area (Å²) in [5, 5.41) is 4.53. The number of nitrogens with two attached hydrogens (primary N) is 1. The van der Waals surface area contributed by atoms with Gasteiger partial charge in [-0.1, -0.05) is 6.07 Å². The van der Waals surface area contributed by atoms with Crippen molar-refractivity contribution in [1.82, 2.24) is 9.78 Å². The fraction of sp³-hybridized carbons (Fsp3) is 0.357. The van der Waals surface area contributed by atoms with Crippen molar-refractivity contribution < 1.29 is 9.47 Å². The monoisotopic (exact) mass is 259 g/mol. The molecular weight excluding hydrogens is 242 g/mol. The Morgan fingerprint density at radius 2 is 2.05 bits per heavy atom. The van der Waals surface area contributed by atoms with Crippen molar-refractivity contribution in [2.45, 2.75) is 20.4 Å². The molecule has 5 heteroatoms. The Balaban J connectivity index is 2.07. The lowest BCUT2D eigenvalue weighted by atomic mass is 10.0. The topological polar surface area (TPSA) is 62.3 Å². The maximum atomic E-state index is 5.60. The number of fused-ring (bicyclic) bond motifs is 1. The number of hydrogen-bond acceptors (Lipinski definition) is 4. The van der Waals surface area contributed by atoms with Crippen molar-refractivity contribution in [2.24, 2.45) is 5.73 Å². The summed E-state index contributed by atoms with van der Waals surface area (Å²) < 4.78 is 12.7. The summed E-state index contributed by atoms with van der Waals surface area (Å²) in [7, 11) is 0. The lowest BCUT2D eigenvalue weighted by Gasteiger charge is -2.05. The van der Waals surface area contributed by atoms with Crippen molar-refractivity contribution in [3.8, 4) is 22.6 Å². The molecule has 0 spiro atoms. The van der Waals surface area contributed by atoms with Crippen LogP contribution in [0.15, 0.2) is 18.2 Å². The van der Waals surface area contributed by atoms with E-state index >= 15 is 0 Å². The molecule has 2 heterocycles. The van der Waals surface area contributed by atoms with Crippen LogP contribution in [-0.4, -0.2) is 23.1 Å². The summed E-state index contributed by atoms with van der Waals surface area (Å²) >= 11 is 0. The molecule has 1 aliphatic heterocycles. The smallest absolute Gasteiger partial charge is 0.231 e. The van der Waals surface area contributed by atoms with Crippen molar-refractivity contribution in [3.05, 3.63) is 29.6 Å². The highest BCUT2D eigenvalue weighted by atomic mass is 16.7. The van der Waals surface area contributed by atoms with Gasteiger partial charge in [-0.2, -0.15) is 5.10 Å². The third kappa shape index (κ3) is 1.96. The van der Waals surface area contributed by atoms with E-state index in [-0.39, 0.29) is 0 Å². The predicted octanol–water partition coefficient (Wildman–Crippen LogP) is 1.85. The van der Waals surface area contributed by atoms with Crippen LogP contribution in [0.5, 0.6) is 11.5 Å². The maximum Gasteiger partial charge on any atom is 0.231 e. The fourth-order valence-electron chi connectivity index (χ4n) is 2.51. The summed E-state index contributed by atoms with van der Waals surface area (Å²) in [6, 6.07) is 5.99. The van der Waals surface area contributed by atoms with Gasteiger partial charge in [-0.3, -0.25) is 4.68 Å². The molecule has 0 saturated carbocycles. The minimum Gasteiger partial charge on any atom is -0.454 e. The Bertz CT molecular complexity index is 619. The summed E-state index contributed by atoms with van der Waals surface area (Å²) in [6.07, 6.45) is 0. The van der Waals surface area contributed by atoms with Crippen molar-refractivity contribution in [2.75, 3.05) is 13.3 Å². The first-order valence-electron chi connectivity index (χ1n) is 6.35. The minimum atomic E-state index is 0.295. The van der Waals surface area contributed by atoms with Gasteiger partial charge in [0.05, 0.1) is 12.2 Å². The first-order chi connectivity index (χ1) is 9.20. The van der Waals surface area contributed by atoms with E-state index in [1.54, 1.807) is 0 Å². The molecule has 1 aromatic heterocycles. The molecule has 100 valence electrons. The zero-order chi connectivity index (χ0) is 13.4. The van der Waals surface area contributed by atoms with Crippen LogP contribution in [0.3, 0.4) is 0 Å². The number of ether oxygens (including phenoxy) is 2. The number of aromatic nitrogens is 2. The molecule has 2 N–H and O–H groups in total. The lowest BCUT2D eigenvalue weighted by Crippen LogP contribution is -2.12. The molecule has 1 aliphatic rings. The molecule has 0 atom stereocenters. The second-order valence-electron chi connectivity index (χ2n) is 4.63. The van der Waals surface area contributed by atoms with E-state index in [4.69, 9.17) is 15.2 Å². The molecule has 0 bridgehead atoms. The van der Waals surface area contributed by atoms with Gasteiger partial charge in [0.2, 0.25) is 6.79 Å². The fourth-order valence-corrected chi connectivity index (χ4v) is 2.51. The Morgan fingerprint density at radius 3 is 2.84 bits per heavy atom. The zero-order valence-corrected chi connectivity index (χ0v) is 11.1. The normalized spacial score (nSPS) is 13.0. The number of nitrogens with zero attached hydrogens (tertiary/aromatic N) is 2. The van der Waals surface area contributed by atoms with E-state index in [1.165, 1.54) is 0 Å². The third-order valence-electron chi connectivity index (χ3n) is 3.38. The van der Waals surface area contributed by atoms with Crippen LogP contribution < -0.4 is 15.2 Å². The molecule has 3 rings (SSSR count). The van der Waals surface area contributed by atoms with Crippen molar-refractivity contribution >= 4 is 0 Å². The predicted molar refractivity (Wildman–Crippen MR) is 72.3 cm³/mol. The van der Waals surface area contributed by atoms with E-state index in [2.05, 4.69) is 12.0 Å². The molecular formula is C14H17N3O2. The molecule has 0 radical (unpaired) electrons. The summed E-state index contributed by atoms with van der Waals surface area (Å²) in [5.74, 6) is 1.59. The standard InChI is InChI=1S/C14H17N3O2/c1-9-14(10(2)17(16-9)6-5-15)11-3-4-12-13(7-11)19-8-18-12/h3-4,7H,5-6,8,15H2,1-2H3. The van der Waals surface area contributed by atoms with E-state index < -0.39 is 0 Å². The van der Waals surface area contributed by atoms with E-state index in [0.29, 0.717) is 13.3 Å². The molecule has 0 amide bonds. The van der Waals surface area contributed by atoms with Crippen LogP contribution in [0.4, 0.5) is 0 Å². The largest absolute Gasteiger partial charge is 0.454 e. The molecule has 0 fully saturated rings. The van der Waals surface area contributed by atoms with Gasteiger partial charge in [0.25, 0.3) is 0 Å². The lowest BCUT2D eigenvalue weighted by molar-refractivity contribution is 0.174. The van der Waals surface area contributed by atoms with Gasteiger partial charge in [0.1, 0.15) is 0 Å². The SMILES string of the molecule is Cc1nn(CCN)c(C)c1-c1ccc2c(c1)OCO2. The minimum absolute atomic E-state index is 0.295. The zero-order valence-electron chi connectivity index (χ0n) is 11.1. The third-order valence-corrected chi connectivity index (χ3v) is 3.38. The molecule has 0 saturated heterocycles. The first kappa shape index (κ1) is 12.0. The van der Waals surface area contributed by atoms with E-state index in [9.17, 15) is 0 Å². The number of aryl methyl sites for hydroxylation is 1. The summed E-state index contributed by atoms with van der Waals surface area (Å²) in [5.41, 5.74) is 9.98. The van der Waals surface area contributed by atoms with Crippen LogP contribution in [0.25, 0.3) is 11.1 Å². The maximum absolute atomic E-state index is 5.60. The van der Waals surface area contributed by atoms with Gasteiger partial charge >= 0.3 is 0 Å². The van der Waals surface area contributed by atoms with Crippen molar-refractivity contribution in [3.63, 3.8) is 0 Å². The molecule has 5 nitrogen and oxygen atoms in total. The van der Waals surface area contributed by atoms with E-state index in [0.717, 1.165) is 40.6 Å². The molecule has 0 unspecified atom stereocenters. The summed E-state index contributed by atoms with van der Waals surface area (Å²) in [4.78, 5) is 0. The quantitative estimate of drug-likeness (QED) is 0.913. The van der Waals surface area contributed by atoms with E-state index in [1.807, 2.05) is 29.8 Å². The molecule has 0 aliphatic carbocycles. The highest BCUT2D eigenvalue weighted by Gasteiger charge is 2.18. The summed E-state index contributed by atoms with van der Waals surface area (Å²) in [6.45, 7) is 5.69. The Labute approximate surface area is 111 Å². The first-order valence-corrected chi connectivity index (χ1v) is 6.35. The Hall–Kier alpha value is -2.01. The van der Waals surface area contributed by atoms with Crippen molar-refractivity contribution in [1.29, 1.82) is 0 Å². The van der Waals surface area contributed by atoms with Gasteiger partial charge in [-0.25, -0.2) is 0 Å². The Morgan fingerprint density at radius 1 is 1.26 bits per heavy atom. The molecule has 2 aromatic rings. The van der Waals surface area contributed by atoms with Crippen LogP contribution >= 0.6 is 0 Å². The number of rotatable bonds is 3. The van der Waals surface area contributed by atoms with Crippen LogP contribution in [0.2, 0.25) is 0 Å². The van der Waals surface area contributed by atoms with Gasteiger partial charge in [0, 0.05) is 17.8 Å².